The van der Waals surface area contributed by atoms with Crippen molar-refractivity contribution in [3.05, 3.63) is 75.5 Å². The van der Waals surface area contributed by atoms with E-state index in [0.29, 0.717) is 34.2 Å². The van der Waals surface area contributed by atoms with Gasteiger partial charge in [0.1, 0.15) is 16.5 Å². The molecule has 2 aromatic carbocycles. The second kappa shape index (κ2) is 11.0. The Morgan fingerprint density at radius 1 is 1.03 bits per heavy atom. The lowest BCUT2D eigenvalue weighted by Gasteiger charge is -2.11. The Balaban J connectivity index is 1.64. The van der Waals surface area contributed by atoms with Crippen molar-refractivity contribution in [2.45, 2.75) is 20.8 Å². The molecule has 4 aromatic rings. The second-order valence-corrected chi connectivity index (χ2v) is 8.60. The highest BCUT2D eigenvalue weighted by Crippen LogP contribution is 2.30. The van der Waals surface area contributed by atoms with Crippen LogP contribution in [0.1, 0.15) is 29.9 Å². The third-order valence-corrected chi connectivity index (χ3v) is 6.02. The summed E-state index contributed by atoms with van der Waals surface area (Å²) in [6, 6.07) is 14.1. The number of carbonyl (C=O) groups excluding carboxylic acids is 2. The van der Waals surface area contributed by atoms with Gasteiger partial charge in [-0.05, 0) is 62.7 Å². The summed E-state index contributed by atoms with van der Waals surface area (Å²) in [5, 5.41) is 9.44. The summed E-state index contributed by atoms with van der Waals surface area (Å²) < 4.78 is 17.3. The van der Waals surface area contributed by atoms with E-state index in [9.17, 15) is 14.4 Å². The van der Waals surface area contributed by atoms with Gasteiger partial charge in [-0.2, -0.15) is 9.78 Å². The van der Waals surface area contributed by atoms with Gasteiger partial charge in [-0.15, -0.1) is 11.3 Å². The molecule has 36 heavy (non-hydrogen) atoms. The molecule has 10 heteroatoms. The summed E-state index contributed by atoms with van der Waals surface area (Å²) in [5.74, 6) is 0.0950. The van der Waals surface area contributed by atoms with Crippen LogP contribution in [-0.2, 0) is 9.53 Å². The maximum atomic E-state index is 13.5. The minimum absolute atomic E-state index is 0.00431. The van der Waals surface area contributed by atoms with Crippen molar-refractivity contribution in [2.75, 3.05) is 25.1 Å². The van der Waals surface area contributed by atoms with E-state index in [1.54, 1.807) is 54.8 Å². The second-order valence-electron chi connectivity index (χ2n) is 7.72. The summed E-state index contributed by atoms with van der Waals surface area (Å²) >= 11 is 1.13. The van der Waals surface area contributed by atoms with Crippen LogP contribution < -0.4 is 20.3 Å². The normalized spacial score (nSPS) is 10.8. The number of benzene rings is 2. The third-order valence-electron chi connectivity index (χ3n) is 5.13. The molecule has 0 atom stereocenters. The average Bonchev–Trinajstić information content (AvgIpc) is 3.28. The fourth-order valence-corrected chi connectivity index (χ4v) is 4.49. The van der Waals surface area contributed by atoms with Gasteiger partial charge in [0, 0.05) is 10.8 Å². The molecule has 0 aliphatic rings. The number of anilines is 1. The highest BCUT2D eigenvalue weighted by Gasteiger charge is 2.23. The lowest BCUT2D eigenvalue weighted by atomic mass is 10.2. The molecule has 0 bridgehead atoms. The topological polar surface area (TPSA) is 109 Å². The van der Waals surface area contributed by atoms with Gasteiger partial charge < -0.3 is 19.5 Å². The van der Waals surface area contributed by atoms with Crippen LogP contribution in [0.25, 0.3) is 16.5 Å². The molecule has 1 amide bonds. The number of thiophene rings is 1. The predicted molar refractivity (Wildman–Crippen MR) is 138 cm³/mol. The summed E-state index contributed by atoms with van der Waals surface area (Å²) in [6.07, 6.45) is 0. The summed E-state index contributed by atoms with van der Waals surface area (Å²) in [4.78, 5) is 38.8. The molecular formula is C26H25N3O6S. The van der Waals surface area contributed by atoms with Crippen molar-refractivity contribution in [1.29, 1.82) is 0 Å². The maximum Gasteiger partial charge on any atom is 0.359 e. The van der Waals surface area contributed by atoms with Crippen LogP contribution in [0.2, 0.25) is 0 Å². The largest absolute Gasteiger partial charge is 0.494 e. The number of hydrogen-bond donors (Lipinski definition) is 1. The number of amides is 1. The molecular weight excluding hydrogens is 482 g/mol. The molecule has 186 valence electrons. The number of rotatable bonds is 9. The fourth-order valence-electron chi connectivity index (χ4n) is 3.54. The molecule has 0 aliphatic heterocycles. The average molecular weight is 508 g/mol. The van der Waals surface area contributed by atoms with Gasteiger partial charge in [-0.1, -0.05) is 12.1 Å². The van der Waals surface area contributed by atoms with Crippen LogP contribution in [0, 0.1) is 6.92 Å². The Morgan fingerprint density at radius 2 is 1.75 bits per heavy atom. The molecule has 0 spiro atoms. The first-order valence-corrected chi connectivity index (χ1v) is 12.2. The van der Waals surface area contributed by atoms with E-state index in [0.717, 1.165) is 21.6 Å². The van der Waals surface area contributed by atoms with Gasteiger partial charge in [0.05, 0.1) is 24.3 Å². The Morgan fingerprint density at radius 3 is 2.42 bits per heavy atom. The molecule has 2 aromatic heterocycles. The predicted octanol–water partition coefficient (Wildman–Crippen LogP) is 4.35. The lowest BCUT2D eigenvalue weighted by Crippen LogP contribution is -2.26. The minimum atomic E-state index is -0.654. The zero-order valence-electron chi connectivity index (χ0n) is 20.1. The van der Waals surface area contributed by atoms with Crippen LogP contribution in [0.3, 0.4) is 0 Å². The first-order chi connectivity index (χ1) is 17.4. The zero-order valence-corrected chi connectivity index (χ0v) is 20.9. The minimum Gasteiger partial charge on any atom is -0.494 e. The van der Waals surface area contributed by atoms with E-state index in [1.165, 1.54) is 0 Å². The van der Waals surface area contributed by atoms with E-state index in [4.69, 9.17) is 14.2 Å². The quantitative estimate of drug-likeness (QED) is 0.336. The molecule has 0 saturated carbocycles. The maximum absolute atomic E-state index is 13.5. The molecule has 0 radical (unpaired) electrons. The highest BCUT2D eigenvalue weighted by atomic mass is 32.1. The van der Waals surface area contributed by atoms with Crippen LogP contribution >= 0.6 is 11.3 Å². The Kier molecular flexibility index (Phi) is 7.65. The molecule has 0 saturated heterocycles. The van der Waals surface area contributed by atoms with Crippen molar-refractivity contribution < 1.29 is 23.8 Å². The first kappa shape index (κ1) is 24.9. The standard InChI is InChI=1S/C26H25N3O6S/c1-4-33-18-9-11-19(12-10-18)35-14-21(30)27-24-22-20(15-36-24)23(26(32)34-5-2)28-29(25(22)31)17-8-6-7-16(3)13-17/h6-13,15H,4-5,14H2,1-3H3,(H,27,30). The van der Waals surface area contributed by atoms with Crippen molar-refractivity contribution in [3.63, 3.8) is 0 Å². The SMILES string of the molecule is CCOC(=O)c1nn(-c2cccc(C)c2)c(=O)c2c(NC(=O)COc3ccc(OCC)cc3)scc12. The number of hydrogen-bond acceptors (Lipinski definition) is 8. The van der Waals surface area contributed by atoms with Crippen molar-refractivity contribution in [3.8, 4) is 17.2 Å². The summed E-state index contributed by atoms with van der Waals surface area (Å²) in [6.45, 7) is 5.91. The summed E-state index contributed by atoms with van der Waals surface area (Å²) in [7, 11) is 0. The van der Waals surface area contributed by atoms with Crippen LogP contribution in [0.5, 0.6) is 11.5 Å². The third kappa shape index (κ3) is 5.38. The van der Waals surface area contributed by atoms with E-state index >= 15 is 0 Å². The summed E-state index contributed by atoms with van der Waals surface area (Å²) in [5.41, 5.74) is 0.946. The van der Waals surface area contributed by atoms with Crippen molar-refractivity contribution in [1.82, 2.24) is 9.78 Å². The molecule has 0 unspecified atom stereocenters. The van der Waals surface area contributed by atoms with E-state index in [-0.39, 0.29) is 24.3 Å². The number of fused-ring (bicyclic) bond motifs is 1. The van der Waals surface area contributed by atoms with Gasteiger partial charge in [-0.25, -0.2) is 4.79 Å². The van der Waals surface area contributed by atoms with Gasteiger partial charge >= 0.3 is 5.97 Å². The number of esters is 1. The molecule has 4 rings (SSSR count). The lowest BCUT2D eigenvalue weighted by molar-refractivity contribution is -0.118. The van der Waals surface area contributed by atoms with Crippen LogP contribution in [0.4, 0.5) is 5.00 Å². The Hall–Kier alpha value is -4.18. The monoisotopic (exact) mass is 507 g/mol. The fraction of sp³-hybridized carbons (Fsp3) is 0.231. The number of aryl methyl sites for hydroxylation is 1. The van der Waals surface area contributed by atoms with Gasteiger partial charge in [-0.3, -0.25) is 9.59 Å². The van der Waals surface area contributed by atoms with Gasteiger partial charge in [0.25, 0.3) is 11.5 Å². The van der Waals surface area contributed by atoms with Crippen molar-refractivity contribution in [2.24, 2.45) is 0 Å². The number of nitrogens with one attached hydrogen (secondary N) is 1. The van der Waals surface area contributed by atoms with Gasteiger partial charge in [0.15, 0.2) is 12.3 Å². The Labute approximate surface area is 211 Å². The number of ether oxygens (including phenoxy) is 3. The van der Waals surface area contributed by atoms with Crippen LogP contribution in [0.15, 0.2) is 58.7 Å². The zero-order chi connectivity index (χ0) is 25.7. The number of nitrogens with zero attached hydrogens (tertiary/aromatic N) is 2. The van der Waals surface area contributed by atoms with E-state index in [2.05, 4.69) is 10.4 Å². The molecule has 0 fully saturated rings. The Bertz CT molecular complexity index is 1460. The highest BCUT2D eigenvalue weighted by molar-refractivity contribution is 7.16. The van der Waals surface area contributed by atoms with Crippen LogP contribution in [-0.4, -0.2) is 41.5 Å². The molecule has 0 aliphatic carbocycles. The molecule has 9 nitrogen and oxygen atoms in total. The number of aromatic nitrogens is 2. The number of carbonyl (C=O) groups is 2. The van der Waals surface area contributed by atoms with E-state index in [1.807, 2.05) is 19.9 Å². The van der Waals surface area contributed by atoms with Crippen molar-refractivity contribution >= 4 is 39.0 Å². The first-order valence-electron chi connectivity index (χ1n) is 11.4. The molecule has 1 N–H and O–H groups in total. The van der Waals surface area contributed by atoms with Gasteiger partial charge in [0.2, 0.25) is 0 Å². The van der Waals surface area contributed by atoms with E-state index < -0.39 is 17.4 Å². The smallest absolute Gasteiger partial charge is 0.359 e. The molecule has 2 heterocycles.